The molecular formula is C16H16N4O3. The molecule has 0 bridgehead atoms. The van der Waals surface area contributed by atoms with Crippen LogP contribution in [-0.4, -0.2) is 34.8 Å². The Balaban J connectivity index is 1.56. The van der Waals surface area contributed by atoms with Gasteiger partial charge >= 0.3 is 0 Å². The molecule has 0 radical (unpaired) electrons. The number of para-hydroxylation sites is 2. The number of hydrogen-bond acceptors (Lipinski definition) is 5. The van der Waals surface area contributed by atoms with Crippen molar-refractivity contribution in [1.82, 2.24) is 20.5 Å². The summed E-state index contributed by atoms with van der Waals surface area (Å²) in [6, 6.07) is 14.9. The molecule has 0 spiro atoms. The maximum absolute atomic E-state index is 11.9. The number of nitrogens with one attached hydrogen (secondary N) is 1. The Morgan fingerprint density at radius 3 is 2.83 bits per heavy atom. The van der Waals surface area contributed by atoms with E-state index >= 15 is 0 Å². The van der Waals surface area contributed by atoms with Crippen molar-refractivity contribution in [3.05, 3.63) is 54.1 Å². The fourth-order valence-corrected chi connectivity index (χ4v) is 2.16. The van der Waals surface area contributed by atoms with Crippen LogP contribution in [0.2, 0.25) is 0 Å². The summed E-state index contributed by atoms with van der Waals surface area (Å²) >= 11 is 0. The van der Waals surface area contributed by atoms with Crippen LogP contribution in [0.25, 0.3) is 11.0 Å². The minimum Gasteiger partial charge on any atom is -0.496 e. The highest BCUT2D eigenvalue weighted by Gasteiger charge is 2.08. The van der Waals surface area contributed by atoms with Crippen molar-refractivity contribution in [3.63, 3.8) is 0 Å². The number of nitrogens with zero attached hydrogens (tertiary/aromatic N) is 3. The average molecular weight is 312 g/mol. The van der Waals surface area contributed by atoms with Gasteiger partial charge in [-0.1, -0.05) is 35.2 Å². The Bertz CT molecular complexity index is 816. The van der Waals surface area contributed by atoms with Crippen molar-refractivity contribution in [2.45, 2.75) is 6.54 Å². The van der Waals surface area contributed by atoms with E-state index in [-0.39, 0.29) is 12.5 Å². The lowest BCUT2D eigenvalue weighted by Crippen LogP contribution is -2.31. The van der Waals surface area contributed by atoms with Gasteiger partial charge < -0.3 is 14.9 Å². The standard InChI is InChI=1S/C16H16N4O3/c1-22-15-9-5-2-6-12(15)10-17-16(21)11-23-20-14-8-4-3-7-13(14)18-19-20/h2-9H,10-11H2,1H3,(H,17,21). The number of carbonyl (C=O) groups excluding carboxylic acids is 1. The van der Waals surface area contributed by atoms with E-state index < -0.39 is 0 Å². The quantitative estimate of drug-likeness (QED) is 0.739. The Labute approximate surface area is 132 Å². The molecule has 7 nitrogen and oxygen atoms in total. The molecule has 23 heavy (non-hydrogen) atoms. The molecule has 0 unspecified atom stereocenters. The SMILES string of the molecule is COc1ccccc1CNC(=O)COn1nnc2ccccc21. The molecule has 3 aromatic rings. The molecule has 0 aliphatic rings. The minimum atomic E-state index is -0.254. The van der Waals surface area contributed by atoms with Crippen LogP contribution in [0.5, 0.6) is 5.75 Å². The summed E-state index contributed by atoms with van der Waals surface area (Å²) in [6.07, 6.45) is 0. The highest BCUT2D eigenvalue weighted by molar-refractivity contribution is 5.77. The third kappa shape index (κ3) is 3.39. The van der Waals surface area contributed by atoms with Crippen LogP contribution in [-0.2, 0) is 11.3 Å². The zero-order valence-electron chi connectivity index (χ0n) is 12.6. The van der Waals surface area contributed by atoms with Gasteiger partial charge in [-0.15, -0.1) is 5.10 Å². The molecule has 0 aliphatic heterocycles. The molecule has 0 atom stereocenters. The lowest BCUT2D eigenvalue weighted by molar-refractivity contribution is -0.126. The molecule has 118 valence electrons. The second-order valence-electron chi connectivity index (χ2n) is 4.81. The third-order valence-corrected chi connectivity index (χ3v) is 3.31. The number of methoxy groups -OCH3 is 1. The van der Waals surface area contributed by atoms with E-state index in [0.29, 0.717) is 17.6 Å². The van der Waals surface area contributed by atoms with Gasteiger partial charge in [-0.05, 0) is 23.4 Å². The predicted octanol–water partition coefficient (Wildman–Crippen LogP) is 1.18. The molecule has 0 saturated carbocycles. The maximum Gasteiger partial charge on any atom is 0.261 e. The topological polar surface area (TPSA) is 78.3 Å². The fourth-order valence-electron chi connectivity index (χ4n) is 2.16. The van der Waals surface area contributed by atoms with Gasteiger partial charge in [0.15, 0.2) is 6.61 Å². The third-order valence-electron chi connectivity index (χ3n) is 3.31. The molecule has 1 amide bonds. The first-order valence-electron chi connectivity index (χ1n) is 7.10. The zero-order chi connectivity index (χ0) is 16.1. The first-order chi connectivity index (χ1) is 11.3. The number of fused-ring (bicyclic) bond motifs is 1. The van der Waals surface area contributed by atoms with Crippen LogP contribution in [0.15, 0.2) is 48.5 Å². The normalized spacial score (nSPS) is 10.5. The molecule has 3 rings (SSSR count). The van der Waals surface area contributed by atoms with Gasteiger partial charge in [-0.2, -0.15) is 0 Å². The summed E-state index contributed by atoms with van der Waals surface area (Å²) < 4.78 is 5.24. The lowest BCUT2D eigenvalue weighted by atomic mass is 10.2. The molecular weight excluding hydrogens is 296 g/mol. The lowest BCUT2D eigenvalue weighted by Gasteiger charge is -2.10. The Morgan fingerprint density at radius 1 is 1.17 bits per heavy atom. The van der Waals surface area contributed by atoms with Gasteiger partial charge in [0.25, 0.3) is 5.91 Å². The molecule has 2 aromatic carbocycles. The first-order valence-corrected chi connectivity index (χ1v) is 7.10. The van der Waals surface area contributed by atoms with Crippen molar-refractivity contribution >= 4 is 16.9 Å². The van der Waals surface area contributed by atoms with Crippen LogP contribution in [0.1, 0.15) is 5.56 Å². The van der Waals surface area contributed by atoms with Crippen LogP contribution in [0, 0.1) is 0 Å². The van der Waals surface area contributed by atoms with Crippen molar-refractivity contribution < 1.29 is 14.4 Å². The number of hydrogen-bond donors (Lipinski definition) is 1. The summed E-state index contributed by atoms with van der Waals surface area (Å²) in [4.78, 5) is 18.5. The molecule has 1 aromatic heterocycles. The maximum atomic E-state index is 11.9. The Morgan fingerprint density at radius 2 is 1.96 bits per heavy atom. The number of carbonyl (C=O) groups is 1. The molecule has 0 aliphatic carbocycles. The Hall–Kier alpha value is -3.09. The summed E-state index contributed by atoms with van der Waals surface area (Å²) in [5.41, 5.74) is 2.32. The smallest absolute Gasteiger partial charge is 0.261 e. The second-order valence-corrected chi connectivity index (χ2v) is 4.81. The van der Waals surface area contributed by atoms with E-state index in [0.717, 1.165) is 11.3 Å². The van der Waals surface area contributed by atoms with Gasteiger partial charge in [-0.3, -0.25) is 4.79 Å². The van der Waals surface area contributed by atoms with Crippen LogP contribution >= 0.6 is 0 Å². The highest BCUT2D eigenvalue weighted by Crippen LogP contribution is 2.16. The van der Waals surface area contributed by atoms with Crippen LogP contribution < -0.4 is 14.9 Å². The number of benzene rings is 2. The molecule has 1 N–H and O–H groups in total. The number of rotatable bonds is 6. The Kier molecular flexibility index (Phi) is 4.37. The number of aromatic nitrogens is 3. The second kappa shape index (κ2) is 6.78. The van der Waals surface area contributed by atoms with Crippen molar-refractivity contribution in [2.75, 3.05) is 13.7 Å². The highest BCUT2D eigenvalue weighted by atomic mass is 16.7. The van der Waals surface area contributed by atoms with E-state index in [1.54, 1.807) is 7.11 Å². The molecule has 0 fully saturated rings. The van der Waals surface area contributed by atoms with Gasteiger partial charge in [0, 0.05) is 12.1 Å². The van der Waals surface area contributed by atoms with Crippen molar-refractivity contribution in [1.29, 1.82) is 0 Å². The minimum absolute atomic E-state index is 0.150. The molecule has 7 heteroatoms. The van der Waals surface area contributed by atoms with Crippen molar-refractivity contribution in [2.24, 2.45) is 0 Å². The van der Waals surface area contributed by atoms with E-state index in [1.807, 2.05) is 48.5 Å². The van der Waals surface area contributed by atoms with E-state index in [1.165, 1.54) is 4.85 Å². The van der Waals surface area contributed by atoms with E-state index in [9.17, 15) is 4.79 Å². The predicted molar refractivity (Wildman–Crippen MR) is 83.8 cm³/mol. The van der Waals surface area contributed by atoms with Gasteiger partial charge in [0.1, 0.15) is 16.8 Å². The van der Waals surface area contributed by atoms with Gasteiger partial charge in [-0.25, -0.2) is 0 Å². The summed E-state index contributed by atoms with van der Waals surface area (Å²) in [7, 11) is 1.60. The van der Waals surface area contributed by atoms with Crippen LogP contribution in [0.4, 0.5) is 0 Å². The first kappa shape index (κ1) is 14.8. The molecule has 1 heterocycles. The van der Waals surface area contributed by atoms with E-state index in [4.69, 9.17) is 9.57 Å². The van der Waals surface area contributed by atoms with Crippen LogP contribution in [0.3, 0.4) is 0 Å². The fraction of sp³-hybridized carbons (Fsp3) is 0.188. The number of amides is 1. The summed E-state index contributed by atoms with van der Waals surface area (Å²) in [5, 5.41) is 10.6. The van der Waals surface area contributed by atoms with Gasteiger partial charge in [0.05, 0.1) is 7.11 Å². The number of ether oxygens (including phenoxy) is 1. The zero-order valence-corrected chi connectivity index (χ0v) is 12.6. The van der Waals surface area contributed by atoms with Gasteiger partial charge in [0.2, 0.25) is 0 Å². The van der Waals surface area contributed by atoms with Crippen molar-refractivity contribution in [3.8, 4) is 5.75 Å². The largest absolute Gasteiger partial charge is 0.496 e. The van der Waals surface area contributed by atoms with E-state index in [2.05, 4.69) is 15.6 Å². The average Bonchev–Trinajstić information content (AvgIpc) is 3.01. The summed E-state index contributed by atoms with van der Waals surface area (Å²) in [6.45, 7) is 0.215. The summed E-state index contributed by atoms with van der Waals surface area (Å²) in [5.74, 6) is 0.478. The molecule has 0 saturated heterocycles. The monoisotopic (exact) mass is 312 g/mol.